The minimum absolute atomic E-state index is 0.0802. The fraction of sp³-hybridized carbons (Fsp3) is 0.400. The van der Waals surface area contributed by atoms with Gasteiger partial charge in [-0.15, -0.1) is 0 Å². The number of nitrogens with one attached hydrogen (secondary N) is 4. The fourth-order valence-electron chi connectivity index (χ4n) is 3.99. The number of guanidine groups is 1. The second-order valence-corrected chi connectivity index (χ2v) is 9.41. The Morgan fingerprint density at radius 3 is 2.10 bits per heavy atom. The summed E-state index contributed by atoms with van der Waals surface area (Å²) in [7, 11) is 0. The number of hydrogen-bond donors (Lipinski definition) is 10. The number of aliphatic carboxylic acids is 2. The van der Waals surface area contributed by atoms with Gasteiger partial charge in [-0.05, 0) is 24.5 Å². The molecule has 1 aromatic heterocycles. The van der Waals surface area contributed by atoms with E-state index in [0.29, 0.717) is 12.0 Å². The molecule has 2 aromatic rings. The Morgan fingerprint density at radius 1 is 0.857 bits per heavy atom. The van der Waals surface area contributed by atoms with Crippen molar-refractivity contribution >= 4 is 52.4 Å². The van der Waals surface area contributed by atoms with Gasteiger partial charge >= 0.3 is 11.9 Å². The van der Waals surface area contributed by atoms with Crippen LogP contribution in [-0.4, -0.2) is 87.4 Å². The zero-order chi connectivity index (χ0) is 31.4. The number of fused-ring (bicyclic) bond motifs is 1. The van der Waals surface area contributed by atoms with Gasteiger partial charge in [-0.1, -0.05) is 18.2 Å². The van der Waals surface area contributed by atoms with Gasteiger partial charge in [-0.3, -0.25) is 29.0 Å². The van der Waals surface area contributed by atoms with Crippen LogP contribution in [0.2, 0.25) is 0 Å². The molecule has 0 bridgehead atoms. The van der Waals surface area contributed by atoms with Gasteiger partial charge in [0, 0.05) is 30.1 Å². The molecule has 1 heterocycles. The Labute approximate surface area is 239 Å². The lowest BCUT2D eigenvalue weighted by Crippen LogP contribution is -2.58. The number of aromatic nitrogens is 1. The van der Waals surface area contributed by atoms with Crippen molar-refractivity contribution in [1.82, 2.24) is 20.9 Å². The molecule has 17 heteroatoms. The minimum Gasteiger partial charge on any atom is -0.481 e. The van der Waals surface area contributed by atoms with Crippen molar-refractivity contribution in [2.75, 3.05) is 6.54 Å². The molecule has 0 spiro atoms. The van der Waals surface area contributed by atoms with Crippen LogP contribution in [0.3, 0.4) is 0 Å². The summed E-state index contributed by atoms with van der Waals surface area (Å²) < 4.78 is 0. The summed E-state index contributed by atoms with van der Waals surface area (Å²) in [6.07, 6.45) is 0.388. The van der Waals surface area contributed by atoms with E-state index in [0.717, 1.165) is 10.9 Å². The standard InChI is InChI=1S/C25H35N9O8/c26-14(5-3-7-30-25(28)29)21(38)32-16(8-12-11-31-15-6-2-1-4-13(12)15)22(39)33-17(10-20(36)37)23(40)34-18(24(41)42)9-19(27)35/h1-2,4,6,11,14,16-18,31H,3,5,7-10,26H2,(H2,27,35)(H,32,38)(H,33,39)(H,34,40)(H,36,37)(H,41,42)(H4,28,29,30). The highest BCUT2D eigenvalue weighted by Gasteiger charge is 2.32. The predicted octanol–water partition coefficient (Wildman–Crippen LogP) is -3.02. The van der Waals surface area contributed by atoms with Gasteiger partial charge in [0.05, 0.1) is 18.9 Å². The average Bonchev–Trinajstić information content (AvgIpc) is 3.31. The van der Waals surface area contributed by atoms with Crippen LogP contribution < -0.4 is 38.9 Å². The van der Waals surface area contributed by atoms with Crippen LogP contribution in [0.4, 0.5) is 0 Å². The number of hydrogen-bond acceptors (Lipinski definition) is 8. The molecule has 0 fully saturated rings. The summed E-state index contributed by atoms with van der Waals surface area (Å²) in [4.78, 5) is 80.1. The smallest absolute Gasteiger partial charge is 0.326 e. The molecular weight excluding hydrogens is 554 g/mol. The maximum Gasteiger partial charge on any atom is 0.326 e. The van der Waals surface area contributed by atoms with E-state index in [1.807, 2.05) is 5.32 Å². The first-order valence-corrected chi connectivity index (χ1v) is 12.8. The molecule has 228 valence electrons. The van der Waals surface area contributed by atoms with Crippen LogP contribution in [0.25, 0.3) is 10.9 Å². The summed E-state index contributed by atoms with van der Waals surface area (Å²) >= 11 is 0. The largest absolute Gasteiger partial charge is 0.481 e. The molecule has 4 unspecified atom stereocenters. The molecule has 17 nitrogen and oxygen atoms in total. The summed E-state index contributed by atoms with van der Waals surface area (Å²) in [5, 5.41) is 26.2. The van der Waals surface area contributed by atoms with Gasteiger partial charge in [-0.2, -0.15) is 0 Å². The van der Waals surface area contributed by atoms with E-state index < -0.39 is 72.6 Å². The topological polar surface area (TPSA) is 311 Å². The number of carbonyl (C=O) groups excluding carboxylic acids is 4. The van der Waals surface area contributed by atoms with Gasteiger partial charge in [0.2, 0.25) is 23.6 Å². The zero-order valence-electron chi connectivity index (χ0n) is 22.5. The molecule has 0 saturated carbocycles. The zero-order valence-corrected chi connectivity index (χ0v) is 22.5. The van der Waals surface area contributed by atoms with Gasteiger partial charge in [0.25, 0.3) is 0 Å². The highest BCUT2D eigenvalue weighted by atomic mass is 16.4. The van der Waals surface area contributed by atoms with Crippen LogP contribution in [0, 0.1) is 0 Å². The number of nitrogens with zero attached hydrogens (tertiary/aromatic N) is 1. The van der Waals surface area contributed by atoms with Crippen LogP contribution in [-0.2, 0) is 35.2 Å². The molecular formula is C25H35N9O8. The number of para-hydroxylation sites is 1. The third kappa shape index (κ3) is 10.4. The lowest BCUT2D eigenvalue weighted by Gasteiger charge is -2.24. The van der Waals surface area contributed by atoms with Gasteiger partial charge in [0.1, 0.15) is 18.1 Å². The number of primary amides is 1. The highest BCUT2D eigenvalue weighted by Crippen LogP contribution is 2.19. The van der Waals surface area contributed by atoms with E-state index in [-0.39, 0.29) is 25.3 Å². The van der Waals surface area contributed by atoms with Crippen molar-refractivity contribution in [3.05, 3.63) is 36.0 Å². The molecule has 0 aliphatic rings. The molecule has 0 aliphatic carbocycles. The van der Waals surface area contributed by atoms with Crippen LogP contribution in [0.1, 0.15) is 31.2 Å². The fourth-order valence-corrected chi connectivity index (χ4v) is 3.99. The third-order valence-corrected chi connectivity index (χ3v) is 6.07. The molecule has 4 amide bonds. The van der Waals surface area contributed by atoms with Crippen molar-refractivity contribution in [1.29, 1.82) is 0 Å². The van der Waals surface area contributed by atoms with E-state index in [4.69, 9.17) is 22.9 Å². The number of carboxylic acid groups (broad SMARTS) is 2. The van der Waals surface area contributed by atoms with E-state index in [1.54, 1.807) is 30.5 Å². The number of rotatable bonds is 17. The maximum atomic E-state index is 13.4. The van der Waals surface area contributed by atoms with Crippen LogP contribution >= 0.6 is 0 Å². The summed E-state index contributed by atoms with van der Waals surface area (Å²) in [6, 6.07) is 1.26. The number of aromatic amines is 1. The minimum atomic E-state index is -1.76. The van der Waals surface area contributed by atoms with Gasteiger partial charge in [-0.25, -0.2) is 4.79 Å². The monoisotopic (exact) mass is 589 g/mol. The first-order valence-electron chi connectivity index (χ1n) is 12.8. The average molecular weight is 590 g/mol. The number of H-pyrrole nitrogens is 1. The number of carboxylic acids is 2. The molecule has 1 aromatic carbocycles. The Hall–Kier alpha value is -5.19. The van der Waals surface area contributed by atoms with Crippen LogP contribution in [0.15, 0.2) is 35.5 Å². The molecule has 0 aliphatic heterocycles. The molecule has 42 heavy (non-hydrogen) atoms. The number of nitrogens with two attached hydrogens (primary N) is 4. The predicted molar refractivity (Wildman–Crippen MR) is 149 cm³/mol. The van der Waals surface area contributed by atoms with E-state index in [1.165, 1.54) is 0 Å². The molecule has 2 rings (SSSR count). The quantitative estimate of drug-likeness (QED) is 0.0503. The summed E-state index contributed by atoms with van der Waals surface area (Å²) in [6.45, 7) is 0.224. The molecule has 0 radical (unpaired) electrons. The Bertz CT molecular complexity index is 1340. The first-order chi connectivity index (χ1) is 19.8. The second-order valence-electron chi connectivity index (χ2n) is 9.41. The number of amides is 4. The van der Waals surface area contributed by atoms with Crippen molar-refractivity contribution in [2.45, 2.75) is 56.3 Å². The lowest BCUT2D eigenvalue weighted by molar-refractivity contribution is -0.144. The lowest BCUT2D eigenvalue weighted by atomic mass is 10.0. The number of aliphatic imine (C=N–C) groups is 1. The van der Waals surface area contributed by atoms with Crippen molar-refractivity contribution in [2.24, 2.45) is 27.9 Å². The Kier molecular flexibility index (Phi) is 12.2. The number of benzene rings is 1. The van der Waals surface area contributed by atoms with Crippen molar-refractivity contribution < 1.29 is 39.0 Å². The SMILES string of the molecule is NC(=O)CC(NC(=O)C(CC(=O)O)NC(=O)C(Cc1c[nH]c2ccccc12)NC(=O)C(N)CCCN=C(N)N)C(=O)O. The molecule has 14 N–H and O–H groups in total. The Balaban J connectivity index is 2.28. The summed E-state index contributed by atoms with van der Waals surface area (Å²) in [5.74, 6) is -7.06. The second kappa shape index (κ2) is 15.6. The third-order valence-electron chi connectivity index (χ3n) is 6.07. The highest BCUT2D eigenvalue weighted by molar-refractivity contribution is 5.96. The van der Waals surface area contributed by atoms with Crippen molar-refractivity contribution in [3.63, 3.8) is 0 Å². The number of carbonyl (C=O) groups is 6. The first kappa shape index (κ1) is 33.0. The van der Waals surface area contributed by atoms with E-state index in [9.17, 15) is 39.0 Å². The van der Waals surface area contributed by atoms with Crippen LogP contribution in [0.5, 0.6) is 0 Å². The molecule has 4 atom stereocenters. The Morgan fingerprint density at radius 2 is 1.48 bits per heavy atom. The summed E-state index contributed by atoms with van der Waals surface area (Å²) in [5.41, 5.74) is 23.0. The van der Waals surface area contributed by atoms with E-state index in [2.05, 4.69) is 20.6 Å². The van der Waals surface area contributed by atoms with Gasteiger partial charge in [0.15, 0.2) is 5.96 Å². The van der Waals surface area contributed by atoms with E-state index >= 15 is 0 Å². The van der Waals surface area contributed by atoms with Crippen molar-refractivity contribution in [3.8, 4) is 0 Å². The molecule has 0 saturated heterocycles. The maximum absolute atomic E-state index is 13.4. The van der Waals surface area contributed by atoms with Gasteiger partial charge < -0.3 is 54.1 Å². The normalized spacial score (nSPS) is 13.6.